The molecule has 1 N–H and O–H groups in total. The number of amides is 2. The molecule has 40 heavy (non-hydrogen) atoms. The number of nitrogens with one attached hydrogen (secondary N) is 1. The van der Waals surface area contributed by atoms with E-state index in [1.54, 1.807) is 37.3 Å². The van der Waals surface area contributed by atoms with Crippen molar-refractivity contribution in [3.05, 3.63) is 94.5 Å². The lowest BCUT2D eigenvalue weighted by Gasteiger charge is -2.33. The summed E-state index contributed by atoms with van der Waals surface area (Å²) in [5.41, 5.74) is 2.89. The Labute approximate surface area is 243 Å². The van der Waals surface area contributed by atoms with Crippen molar-refractivity contribution in [1.29, 1.82) is 0 Å². The van der Waals surface area contributed by atoms with E-state index in [0.29, 0.717) is 35.7 Å². The monoisotopic (exact) mass is 583 g/mol. The van der Waals surface area contributed by atoms with E-state index in [1.165, 1.54) is 17.0 Å². The SMILES string of the molecule is CCCNC(=O)C(CC)N(CCc1ccccc1)C(=O)CN(c1cc(Cl)ccc1C)S(=O)(=O)c1ccc(C)cc1. The topological polar surface area (TPSA) is 86.8 Å². The Balaban J connectivity index is 2.04. The number of rotatable bonds is 13. The molecule has 9 heteroatoms. The van der Waals surface area contributed by atoms with E-state index in [4.69, 9.17) is 11.6 Å². The third-order valence-electron chi connectivity index (χ3n) is 6.75. The second kappa shape index (κ2) is 14.3. The van der Waals surface area contributed by atoms with Gasteiger partial charge in [0.15, 0.2) is 0 Å². The molecule has 0 bridgehead atoms. The van der Waals surface area contributed by atoms with Gasteiger partial charge in [0.05, 0.1) is 10.6 Å². The molecule has 0 fully saturated rings. The number of halogens is 1. The van der Waals surface area contributed by atoms with Crippen LogP contribution in [0.5, 0.6) is 0 Å². The fraction of sp³-hybridized carbons (Fsp3) is 0.355. The fourth-order valence-electron chi connectivity index (χ4n) is 4.46. The molecule has 0 aliphatic rings. The number of sulfonamides is 1. The molecule has 0 spiro atoms. The lowest BCUT2D eigenvalue weighted by Crippen LogP contribution is -2.53. The van der Waals surface area contributed by atoms with E-state index in [-0.39, 0.29) is 17.3 Å². The van der Waals surface area contributed by atoms with Gasteiger partial charge in [0.1, 0.15) is 12.6 Å². The molecule has 214 valence electrons. The highest BCUT2D eigenvalue weighted by molar-refractivity contribution is 7.92. The first-order valence-electron chi connectivity index (χ1n) is 13.5. The number of carbonyl (C=O) groups is 2. The zero-order valence-electron chi connectivity index (χ0n) is 23.6. The molecule has 1 atom stereocenters. The number of benzene rings is 3. The summed E-state index contributed by atoms with van der Waals surface area (Å²) in [7, 11) is -4.15. The van der Waals surface area contributed by atoms with Crippen molar-refractivity contribution in [3.63, 3.8) is 0 Å². The molecule has 3 aromatic rings. The molecule has 2 amide bonds. The van der Waals surface area contributed by atoms with Crippen LogP contribution in [0, 0.1) is 13.8 Å². The van der Waals surface area contributed by atoms with Crippen LogP contribution in [-0.4, -0.2) is 50.8 Å². The van der Waals surface area contributed by atoms with Crippen LogP contribution >= 0.6 is 11.6 Å². The van der Waals surface area contributed by atoms with Crippen LogP contribution in [0.25, 0.3) is 0 Å². The van der Waals surface area contributed by atoms with E-state index in [2.05, 4.69) is 5.32 Å². The van der Waals surface area contributed by atoms with Gasteiger partial charge in [0.2, 0.25) is 11.8 Å². The third kappa shape index (κ3) is 7.86. The first kappa shape index (κ1) is 31.2. The number of hydrogen-bond donors (Lipinski definition) is 1. The lowest BCUT2D eigenvalue weighted by atomic mass is 10.1. The molecule has 1 unspecified atom stereocenters. The minimum absolute atomic E-state index is 0.0637. The second-order valence-electron chi connectivity index (χ2n) is 9.79. The van der Waals surface area contributed by atoms with Gasteiger partial charge in [-0.15, -0.1) is 0 Å². The summed E-state index contributed by atoms with van der Waals surface area (Å²) in [6, 6.07) is 20.4. The average Bonchev–Trinajstić information content (AvgIpc) is 2.94. The maximum atomic E-state index is 14.1. The van der Waals surface area contributed by atoms with Crippen molar-refractivity contribution in [1.82, 2.24) is 10.2 Å². The molecule has 0 radical (unpaired) electrons. The fourth-order valence-corrected chi connectivity index (χ4v) is 6.10. The van der Waals surface area contributed by atoms with Crippen LogP contribution < -0.4 is 9.62 Å². The van der Waals surface area contributed by atoms with Crippen LogP contribution in [0.3, 0.4) is 0 Å². The minimum Gasteiger partial charge on any atom is -0.354 e. The molecule has 3 aromatic carbocycles. The zero-order valence-corrected chi connectivity index (χ0v) is 25.1. The molecule has 0 heterocycles. The average molecular weight is 584 g/mol. The second-order valence-corrected chi connectivity index (χ2v) is 12.1. The number of anilines is 1. The van der Waals surface area contributed by atoms with E-state index in [1.807, 2.05) is 51.1 Å². The summed E-state index contributed by atoms with van der Waals surface area (Å²) in [5.74, 6) is -0.720. The van der Waals surface area contributed by atoms with Gasteiger partial charge in [-0.2, -0.15) is 0 Å². The summed E-state index contributed by atoms with van der Waals surface area (Å²) >= 11 is 6.29. The van der Waals surface area contributed by atoms with Crippen molar-refractivity contribution in [3.8, 4) is 0 Å². The van der Waals surface area contributed by atoms with Gasteiger partial charge >= 0.3 is 0 Å². The first-order valence-corrected chi connectivity index (χ1v) is 15.4. The van der Waals surface area contributed by atoms with Gasteiger partial charge in [0, 0.05) is 18.1 Å². The van der Waals surface area contributed by atoms with Crippen LogP contribution in [0.4, 0.5) is 5.69 Å². The lowest BCUT2D eigenvalue weighted by molar-refractivity contribution is -0.139. The Morgan fingerprint density at radius 3 is 2.25 bits per heavy atom. The highest BCUT2D eigenvalue weighted by Gasteiger charge is 2.34. The quantitative estimate of drug-likeness (QED) is 0.287. The summed E-state index contributed by atoms with van der Waals surface area (Å²) in [4.78, 5) is 28.8. The van der Waals surface area contributed by atoms with E-state index in [0.717, 1.165) is 21.9 Å². The van der Waals surface area contributed by atoms with Gasteiger partial charge in [-0.3, -0.25) is 13.9 Å². The standard InChI is InChI=1S/C31H38ClN3O4S/c1-5-19-33-31(37)28(6-2)34(20-18-25-10-8-7-9-11-25)30(36)22-35(29-21-26(32)15-14-24(29)4)40(38,39)27-16-12-23(3)13-17-27/h7-17,21,28H,5-6,18-20,22H2,1-4H3,(H,33,37). The van der Waals surface area contributed by atoms with E-state index in [9.17, 15) is 18.0 Å². The van der Waals surface area contributed by atoms with E-state index >= 15 is 0 Å². The van der Waals surface area contributed by atoms with Crippen LogP contribution in [-0.2, 0) is 26.0 Å². The van der Waals surface area contributed by atoms with Gasteiger partial charge in [-0.25, -0.2) is 8.42 Å². The molecule has 0 aliphatic carbocycles. The maximum absolute atomic E-state index is 14.1. The smallest absolute Gasteiger partial charge is 0.264 e. The number of carbonyl (C=O) groups excluding carboxylic acids is 2. The summed E-state index contributed by atoms with van der Waals surface area (Å²) < 4.78 is 29.1. The number of nitrogens with zero attached hydrogens (tertiary/aromatic N) is 2. The predicted octanol–water partition coefficient (Wildman–Crippen LogP) is 5.53. The maximum Gasteiger partial charge on any atom is 0.264 e. The van der Waals surface area contributed by atoms with Crippen molar-refractivity contribution in [2.75, 3.05) is 23.9 Å². The minimum atomic E-state index is -4.15. The van der Waals surface area contributed by atoms with Gasteiger partial charge in [-0.05, 0) is 68.5 Å². The molecule has 0 aliphatic heterocycles. The largest absolute Gasteiger partial charge is 0.354 e. The summed E-state index contributed by atoms with van der Waals surface area (Å²) in [5, 5.41) is 3.25. The number of aryl methyl sites for hydroxylation is 2. The third-order valence-corrected chi connectivity index (χ3v) is 8.76. The molecular formula is C31H38ClN3O4S. The molecule has 0 saturated heterocycles. The highest BCUT2D eigenvalue weighted by atomic mass is 35.5. The highest BCUT2D eigenvalue weighted by Crippen LogP contribution is 2.30. The molecular weight excluding hydrogens is 546 g/mol. The van der Waals surface area contributed by atoms with Crippen LogP contribution in [0.2, 0.25) is 5.02 Å². The van der Waals surface area contributed by atoms with Crippen molar-refractivity contribution < 1.29 is 18.0 Å². The van der Waals surface area contributed by atoms with Gasteiger partial charge in [0.25, 0.3) is 10.0 Å². The summed E-state index contributed by atoms with van der Waals surface area (Å²) in [6.45, 7) is 7.72. The Bertz CT molecular complexity index is 1400. The zero-order chi connectivity index (χ0) is 29.3. The Morgan fingerprint density at radius 1 is 0.950 bits per heavy atom. The predicted molar refractivity (Wildman–Crippen MR) is 161 cm³/mol. The normalized spacial score (nSPS) is 12.0. The van der Waals surface area contributed by atoms with Gasteiger partial charge < -0.3 is 10.2 Å². The first-order chi connectivity index (χ1) is 19.1. The van der Waals surface area contributed by atoms with Crippen molar-refractivity contribution in [2.24, 2.45) is 0 Å². The Hall–Kier alpha value is -3.36. The van der Waals surface area contributed by atoms with Gasteiger partial charge in [-0.1, -0.05) is 79.5 Å². The van der Waals surface area contributed by atoms with Crippen LogP contribution in [0.15, 0.2) is 77.7 Å². The molecule has 7 nitrogen and oxygen atoms in total. The summed E-state index contributed by atoms with van der Waals surface area (Å²) in [6.07, 6.45) is 1.67. The van der Waals surface area contributed by atoms with Crippen LogP contribution in [0.1, 0.15) is 43.4 Å². The van der Waals surface area contributed by atoms with E-state index < -0.39 is 28.5 Å². The Kier molecular flexibility index (Phi) is 11.2. The van der Waals surface area contributed by atoms with Crippen molar-refractivity contribution >= 4 is 39.1 Å². The number of hydrogen-bond acceptors (Lipinski definition) is 4. The Morgan fingerprint density at radius 2 is 1.62 bits per heavy atom. The molecule has 0 saturated carbocycles. The molecule has 0 aromatic heterocycles. The van der Waals surface area contributed by atoms with Crippen molar-refractivity contribution in [2.45, 2.75) is 57.9 Å². The molecule has 3 rings (SSSR count).